The predicted molar refractivity (Wildman–Crippen MR) is 85.9 cm³/mol. The van der Waals surface area contributed by atoms with Crippen molar-refractivity contribution in [3.05, 3.63) is 27.8 Å². The predicted octanol–water partition coefficient (Wildman–Crippen LogP) is 2.86. The first-order chi connectivity index (χ1) is 10.4. The zero-order valence-corrected chi connectivity index (χ0v) is 14.7. The van der Waals surface area contributed by atoms with Crippen molar-refractivity contribution in [3.8, 4) is 0 Å². The molecule has 0 bridgehead atoms. The molecule has 2 rings (SSSR count). The van der Waals surface area contributed by atoms with Crippen LogP contribution in [0.5, 0.6) is 0 Å². The minimum absolute atomic E-state index is 0.0817. The van der Waals surface area contributed by atoms with Crippen LogP contribution in [0.15, 0.2) is 9.90 Å². The van der Waals surface area contributed by atoms with Crippen molar-refractivity contribution in [2.75, 3.05) is 13.7 Å². The Morgan fingerprint density at radius 2 is 2.14 bits per heavy atom. The number of rotatable bonds is 7. The lowest BCUT2D eigenvalue weighted by Gasteiger charge is -2.15. The van der Waals surface area contributed by atoms with Crippen molar-refractivity contribution in [2.45, 2.75) is 52.1 Å². The third-order valence-electron chi connectivity index (χ3n) is 3.26. The van der Waals surface area contributed by atoms with E-state index in [0.29, 0.717) is 31.3 Å². The van der Waals surface area contributed by atoms with Crippen LogP contribution >= 0.6 is 11.3 Å². The number of thiazole rings is 1. The lowest BCUT2D eigenvalue weighted by Crippen LogP contribution is -2.19. The number of hydrogen-bond donors (Lipinski definition) is 1. The zero-order valence-electron chi connectivity index (χ0n) is 13.8. The molecule has 0 amide bonds. The van der Waals surface area contributed by atoms with Gasteiger partial charge in [0.05, 0.1) is 31.3 Å². The molecular weight excluding hydrogens is 300 g/mol. The van der Waals surface area contributed by atoms with Crippen LogP contribution in [0, 0.1) is 0 Å². The molecule has 0 aromatic carbocycles. The molecule has 0 fully saturated rings. The molecule has 6 nitrogen and oxygen atoms in total. The van der Waals surface area contributed by atoms with Crippen LogP contribution in [-0.2, 0) is 23.1 Å². The lowest BCUT2D eigenvalue weighted by atomic mass is 9.93. The number of nitrogens with zero attached hydrogens (tertiary/aromatic N) is 3. The Balaban J connectivity index is 1.88. The van der Waals surface area contributed by atoms with E-state index in [9.17, 15) is 0 Å². The number of ether oxygens (including phenoxy) is 1. The Kier molecular flexibility index (Phi) is 5.66. The molecule has 122 valence electrons. The number of aromatic nitrogens is 3. The molecule has 2 heterocycles. The Bertz CT molecular complexity index is 588. The standard InChI is InChI=1S/C15H24N4O2S/c1-10(14-17-11(9-22-14)15(2,3)4)16-8-12-18-13(21-19-12)6-7-20-5/h9-10,16H,6-8H2,1-5H3. The van der Waals surface area contributed by atoms with Gasteiger partial charge in [-0.2, -0.15) is 4.98 Å². The zero-order chi connectivity index (χ0) is 16.2. The Morgan fingerprint density at radius 1 is 1.36 bits per heavy atom. The first-order valence-corrected chi connectivity index (χ1v) is 8.28. The molecule has 1 unspecified atom stereocenters. The Hall–Kier alpha value is -1.31. The van der Waals surface area contributed by atoms with Crippen molar-refractivity contribution in [1.29, 1.82) is 0 Å². The van der Waals surface area contributed by atoms with Crippen molar-refractivity contribution >= 4 is 11.3 Å². The SMILES string of the molecule is COCCc1nc(CNC(C)c2nc(C(C)(C)C)cs2)no1. The van der Waals surface area contributed by atoms with Gasteiger partial charge in [0.1, 0.15) is 5.01 Å². The molecule has 1 atom stereocenters. The van der Waals surface area contributed by atoms with Crippen LogP contribution in [0.25, 0.3) is 0 Å². The van der Waals surface area contributed by atoms with E-state index in [1.54, 1.807) is 18.4 Å². The maximum absolute atomic E-state index is 5.16. The number of methoxy groups -OCH3 is 1. The van der Waals surface area contributed by atoms with E-state index < -0.39 is 0 Å². The summed E-state index contributed by atoms with van der Waals surface area (Å²) < 4.78 is 10.1. The fourth-order valence-corrected chi connectivity index (χ4v) is 2.89. The second-order valence-electron chi connectivity index (χ2n) is 6.27. The van der Waals surface area contributed by atoms with Gasteiger partial charge < -0.3 is 14.6 Å². The average Bonchev–Trinajstić information content (AvgIpc) is 3.11. The minimum atomic E-state index is 0.0817. The molecule has 0 saturated carbocycles. The highest BCUT2D eigenvalue weighted by Gasteiger charge is 2.19. The molecule has 0 aliphatic rings. The van der Waals surface area contributed by atoms with Crippen LogP contribution < -0.4 is 5.32 Å². The first-order valence-electron chi connectivity index (χ1n) is 7.40. The lowest BCUT2D eigenvalue weighted by molar-refractivity contribution is 0.192. The van der Waals surface area contributed by atoms with Gasteiger partial charge in [-0.15, -0.1) is 11.3 Å². The second-order valence-corrected chi connectivity index (χ2v) is 7.16. The normalized spacial score (nSPS) is 13.5. The summed E-state index contributed by atoms with van der Waals surface area (Å²) >= 11 is 1.68. The monoisotopic (exact) mass is 324 g/mol. The van der Waals surface area contributed by atoms with Crippen LogP contribution in [0.4, 0.5) is 0 Å². The fourth-order valence-electron chi connectivity index (χ4n) is 1.82. The minimum Gasteiger partial charge on any atom is -0.384 e. The van der Waals surface area contributed by atoms with Crippen LogP contribution in [0.1, 0.15) is 56.2 Å². The molecular formula is C15H24N4O2S. The van der Waals surface area contributed by atoms with Gasteiger partial charge in [-0.25, -0.2) is 4.98 Å². The van der Waals surface area contributed by atoms with E-state index in [4.69, 9.17) is 14.2 Å². The average molecular weight is 324 g/mol. The summed E-state index contributed by atoms with van der Waals surface area (Å²) in [7, 11) is 1.65. The summed E-state index contributed by atoms with van der Waals surface area (Å²) in [5, 5.41) is 10.5. The van der Waals surface area contributed by atoms with E-state index >= 15 is 0 Å². The third kappa shape index (κ3) is 4.59. The number of hydrogen-bond acceptors (Lipinski definition) is 7. The topological polar surface area (TPSA) is 73.1 Å². The highest BCUT2D eigenvalue weighted by molar-refractivity contribution is 7.09. The van der Waals surface area contributed by atoms with Gasteiger partial charge in [0, 0.05) is 17.9 Å². The van der Waals surface area contributed by atoms with Gasteiger partial charge in [0.15, 0.2) is 5.82 Å². The van der Waals surface area contributed by atoms with Crippen LogP contribution in [-0.4, -0.2) is 28.8 Å². The summed E-state index contributed by atoms with van der Waals surface area (Å²) in [5.41, 5.74) is 1.21. The molecule has 7 heteroatoms. The molecule has 0 saturated heterocycles. The summed E-state index contributed by atoms with van der Waals surface area (Å²) in [6.07, 6.45) is 0.639. The highest BCUT2D eigenvalue weighted by Crippen LogP contribution is 2.26. The summed E-state index contributed by atoms with van der Waals surface area (Å²) in [4.78, 5) is 9.04. The first kappa shape index (κ1) is 17.1. The van der Waals surface area contributed by atoms with Crippen LogP contribution in [0.2, 0.25) is 0 Å². The van der Waals surface area contributed by atoms with E-state index in [2.05, 4.69) is 48.5 Å². The third-order valence-corrected chi connectivity index (χ3v) is 4.28. The van der Waals surface area contributed by atoms with E-state index in [0.717, 1.165) is 10.7 Å². The Morgan fingerprint density at radius 3 is 2.77 bits per heavy atom. The summed E-state index contributed by atoms with van der Waals surface area (Å²) in [6.45, 7) is 9.75. The maximum atomic E-state index is 5.16. The van der Waals surface area contributed by atoms with Crippen molar-refractivity contribution in [1.82, 2.24) is 20.4 Å². The smallest absolute Gasteiger partial charge is 0.229 e. The quantitative estimate of drug-likeness (QED) is 0.844. The van der Waals surface area contributed by atoms with Gasteiger partial charge in [0.2, 0.25) is 5.89 Å². The number of nitrogens with one attached hydrogen (secondary N) is 1. The molecule has 22 heavy (non-hydrogen) atoms. The fraction of sp³-hybridized carbons (Fsp3) is 0.667. The van der Waals surface area contributed by atoms with Crippen LogP contribution in [0.3, 0.4) is 0 Å². The molecule has 0 radical (unpaired) electrons. The van der Waals surface area contributed by atoms with Crippen molar-refractivity contribution < 1.29 is 9.26 Å². The summed E-state index contributed by atoms with van der Waals surface area (Å²) in [6, 6.07) is 0.155. The van der Waals surface area contributed by atoms with Gasteiger partial charge >= 0.3 is 0 Å². The van der Waals surface area contributed by atoms with Crippen molar-refractivity contribution in [2.24, 2.45) is 0 Å². The second kappa shape index (κ2) is 7.30. The molecule has 1 N–H and O–H groups in total. The maximum Gasteiger partial charge on any atom is 0.229 e. The van der Waals surface area contributed by atoms with Gasteiger partial charge in [-0.1, -0.05) is 25.9 Å². The molecule has 2 aromatic rings. The summed E-state index contributed by atoms with van der Waals surface area (Å²) in [5.74, 6) is 1.26. The van der Waals surface area contributed by atoms with Gasteiger partial charge in [-0.3, -0.25) is 0 Å². The van der Waals surface area contributed by atoms with Crippen molar-refractivity contribution in [3.63, 3.8) is 0 Å². The largest absolute Gasteiger partial charge is 0.384 e. The molecule has 2 aromatic heterocycles. The van der Waals surface area contributed by atoms with E-state index in [1.165, 1.54) is 0 Å². The van der Waals surface area contributed by atoms with E-state index in [1.807, 2.05) is 0 Å². The molecule has 0 aliphatic heterocycles. The van der Waals surface area contributed by atoms with E-state index in [-0.39, 0.29) is 11.5 Å². The van der Waals surface area contributed by atoms with Gasteiger partial charge in [-0.05, 0) is 6.92 Å². The van der Waals surface area contributed by atoms with Gasteiger partial charge in [0.25, 0.3) is 0 Å². The Labute approximate surface area is 135 Å². The molecule has 0 aliphatic carbocycles. The molecule has 0 spiro atoms. The highest BCUT2D eigenvalue weighted by atomic mass is 32.1.